The molecule has 0 nitrogen and oxygen atoms in total. The van der Waals surface area contributed by atoms with Crippen LogP contribution in [0.2, 0.25) is 4.13 Å². The molecule has 214 valence electrons. The van der Waals surface area contributed by atoms with Gasteiger partial charge in [-0.2, -0.15) is 0 Å². The van der Waals surface area contributed by atoms with E-state index in [4.69, 9.17) is 0 Å². The fourth-order valence-electron chi connectivity index (χ4n) is 8.69. The molecule has 5 aromatic rings. The van der Waals surface area contributed by atoms with E-state index < -0.39 is 17.4 Å². The number of hydrogen-bond acceptors (Lipinski definition) is 0. The van der Waals surface area contributed by atoms with Gasteiger partial charge in [-0.1, -0.05) is 0 Å². The second kappa shape index (κ2) is 11.7. The largest absolute Gasteiger partial charge is 0.147 e. The van der Waals surface area contributed by atoms with Crippen molar-refractivity contribution >= 4 is 68.7 Å². The molecule has 0 amide bonds. The number of benzene rings is 5. The van der Waals surface area contributed by atoms with Gasteiger partial charge in [-0.3, -0.25) is 0 Å². The minimum absolute atomic E-state index is 0. The van der Waals surface area contributed by atoms with Crippen LogP contribution in [-0.2, 0) is 17.4 Å². The van der Waals surface area contributed by atoms with E-state index in [2.05, 4.69) is 143 Å². The van der Waals surface area contributed by atoms with Crippen molar-refractivity contribution in [3.05, 3.63) is 137 Å². The van der Waals surface area contributed by atoms with Crippen molar-refractivity contribution < 1.29 is 17.4 Å². The van der Waals surface area contributed by atoms with Crippen LogP contribution >= 0.6 is 24.8 Å². The minimum atomic E-state index is -4.17. The Kier molecular flexibility index (Phi) is 8.70. The topological polar surface area (TPSA) is 0 Å². The first-order chi connectivity index (χ1) is 19.5. The van der Waals surface area contributed by atoms with Crippen molar-refractivity contribution in [3.63, 3.8) is 0 Å². The van der Waals surface area contributed by atoms with E-state index in [9.17, 15) is 0 Å². The SMILES string of the molecule is CCC1=Cc2ccc3ccccc3c2[CH]1[Zr](=[SiH2])([CH2]C)([c]1ccccc1)[CH]1C(CC)=Cc2ccc3ccccc3c21.Cl.Cl. The van der Waals surface area contributed by atoms with Gasteiger partial charge in [0, 0.05) is 0 Å². The van der Waals surface area contributed by atoms with Crippen LogP contribution in [0.1, 0.15) is 63.1 Å². The van der Waals surface area contributed by atoms with Gasteiger partial charge in [0.1, 0.15) is 0 Å². The van der Waals surface area contributed by atoms with Crippen LogP contribution in [0.4, 0.5) is 0 Å². The summed E-state index contributed by atoms with van der Waals surface area (Å²) in [6.45, 7) is 9.87. The Morgan fingerprint density at radius 2 is 0.976 bits per heavy atom. The molecule has 42 heavy (non-hydrogen) atoms. The molecule has 0 bridgehead atoms. The summed E-state index contributed by atoms with van der Waals surface area (Å²) in [5.74, 6) is 0. The van der Waals surface area contributed by atoms with Gasteiger partial charge in [0.15, 0.2) is 0 Å². The second-order valence-electron chi connectivity index (χ2n) is 12.2. The molecule has 0 fully saturated rings. The van der Waals surface area contributed by atoms with Crippen molar-refractivity contribution in [3.8, 4) is 0 Å². The van der Waals surface area contributed by atoms with Crippen LogP contribution < -0.4 is 3.27 Å². The van der Waals surface area contributed by atoms with E-state index in [1.54, 1.807) is 25.5 Å². The molecule has 2 atom stereocenters. The summed E-state index contributed by atoms with van der Waals surface area (Å²) >= 11 is -4.17. The summed E-state index contributed by atoms with van der Waals surface area (Å²) in [7, 11) is 0. The van der Waals surface area contributed by atoms with Crippen LogP contribution in [0.15, 0.2) is 114 Å². The predicted molar refractivity (Wildman–Crippen MR) is 190 cm³/mol. The molecule has 0 radical (unpaired) electrons. The number of allylic oxidation sites excluding steroid dienone is 2. The molecule has 0 aromatic heterocycles. The monoisotopic (exact) mass is 684 g/mol. The molecule has 2 aliphatic rings. The Morgan fingerprint density at radius 3 is 1.40 bits per heavy atom. The quantitative estimate of drug-likeness (QED) is 0.156. The third-order valence-electron chi connectivity index (χ3n) is 10.6. The van der Waals surface area contributed by atoms with Crippen molar-refractivity contribution in [1.29, 1.82) is 0 Å². The zero-order valence-electron chi connectivity index (χ0n) is 24.8. The molecule has 5 aromatic carbocycles. The maximum Gasteiger partial charge on any atom is -0.147 e. The van der Waals surface area contributed by atoms with Gasteiger partial charge >= 0.3 is 243 Å². The van der Waals surface area contributed by atoms with Crippen molar-refractivity contribution in [2.75, 3.05) is 0 Å². The summed E-state index contributed by atoms with van der Waals surface area (Å²) in [5.41, 5.74) is 9.45. The van der Waals surface area contributed by atoms with E-state index in [0.29, 0.717) is 7.25 Å². The smallest absolute Gasteiger partial charge is 0.147 e. The molecule has 0 heterocycles. The first kappa shape index (κ1) is 31.2. The van der Waals surface area contributed by atoms with Crippen LogP contribution in [0.3, 0.4) is 0 Å². The fourth-order valence-corrected chi connectivity index (χ4v) is 34.7. The average Bonchev–Trinajstić information content (AvgIpc) is 3.61. The Balaban J connectivity index is 0.00000176. The van der Waals surface area contributed by atoms with E-state index in [1.165, 1.54) is 36.8 Å². The maximum absolute atomic E-state index is 4.17. The Morgan fingerprint density at radius 1 is 0.548 bits per heavy atom. The van der Waals surface area contributed by atoms with Crippen molar-refractivity contribution in [2.45, 2.75) is 45.0 Å². The molecule has 0 aliphatic heterocycles. The summed E-state index contributed by atoms with van der Waals surface area (Å²) in [6, 6.07) is 39.7. The van der Waals surface area contributed by atoms with Gasteiger partial charge in [-0.05, 0) is 0 Å². The Bertz CT molecular complexity index is 1820. The summed E-state index contributed by atoms with van der Waals surface area (Å²) < 4.78 is 3.87. The Labute approximate surface area is 265 Å². The van der Waals surface area contributed by atoms with Crippen LogP contribution in [0.25, 0.3) is 33.7 Å². The van der Waals surface area contributed by atoms with Crippen LogP contribution in [-0.4, -0.2) is 6.88 Å². The molecule has 0 saturated carbocycles. The molecule has 0 N–H and O–H groups in total. The van der Waals surface area contributed by atoms with Gasteiger partial charge in [-0.15, -0.1) is 24.8 Å². The molecular formula is C38H40Cl2SiZr. The van der Waals surface area contributed by atoms with Gasteiger partial charge in [-0.25, -0.2) is 0 Å². The van der Waals surface area contributed by atoms with Gasteiger partial charge in [0.2, 0.25) is 0 Å². The molecule has 4 heteroatoms. The third-order valence-corrected chi connectivity index (χ3v) is 39.7. The number of hydrogen-bond donors (Lipinski definition) is 0. The zero-order valence-corrected chi connectivity index (χ0v) is 30.3. The summed E-state index contributed by atoms with van der Waals surface area (Å²) in [5, 5.41) is 5.66. The molecule has 7 rings (SSSR count). The molecule has 2 unspecified atom stereocenters. The molecule has 0 spiro atoms. The average molecular weight is 687 g/mol. The van der Waals surface area contributed by atoms with Gasteiger partial charge < -0.3 is 0 Å². The van der Waals surface area contributed by atoms with Gasteiger partial charge in [0.05, 0.1) is 0 Å². The number of rotatable bonds is 6. The van der Waals surface area contributed by atoms with E-state index in [0.717, 1.165) is 12.8 Å². The first-order valence-electron chi connectivity index (χ1n) is 15.1. The van der Waals surface area contributed by atoms with E-state index >= 15 is 0 Å². The summed E-state index contributed by atoms with van der Waals surface area (Å²) in [4.78, 5) is 0. The molecular weight excluding hydrogens is 647 g/mol. The Hall–Kier alpha value is -2.22. The van der Waals surface area contributed by atoms with E-state index in [1.807, 2.05) is 0 Å². The molecule has 2 aliphatic carbocycles. The summed E-state index contributed by atoms with van der Waals surface area (Å²) in [6.07, 6.45) is 7.37. The predicted octanol–water partition coefficient (Wildman–Crippen LogP) is 10.2. The second-order valence-corrected chi connectivity index (χ2v) is 37.3. The molecule has 0 saturated heterocycles. The zero-order chi connectivity index (χ0) is 27.5. The number of fused-ring (bicyclic) bond motifs is 6. The first-order valence-corrected chi connectivity index (χ1v) is 26.8. The minimum Gasteiger partial charge on any atom is -0.147 e. The van der Waals surface area contributed by atoms with Gasteiger partial charge in [0.25, 0.3) is 0 Å². The van der Waals surface area contributed by atoms with E-state index in [-0.39, 0.29) is 24.8 Å². The standard InChI is InChI=1S/2C15H13.C6H5.C2H5.2ClH.H2Si.Zr/c2*1-2-11-9-13-8-7-12-5-3-4-6-14(12)15(13)10-11;1-2-4-6-5-3-1;1-2;;;;/h2*3-10H,2H2,1H3;1-5H;1H2,2H3;2*1H;1H2;. The van der Waals surface area contributed by atoms with Crippen LogP contribution in [0.5, 0.6) is 0 Å². The fraction of sp³-hybridized carbons (Fsp3) is 0.211. The number of halogens is 2. The maximum atomic E-state index is 2.58. The normalized spacial score (nSPS) is 17.6. The van der Waals surface area contributed by atoms with Crippen molar-refractivity contribution in [1.82, 2.24) is 0 Å². The van der Waals surface area contributed by atoms with Crippen molar-refractivity contribution in [2.24, 2.45) is 0 Å². The third kappa shape index (κ3) is 4.24. The van der Waals surface area contributed by atoms with Crippen LogP contribution in [0, 0.1) is 0 Å².